The summed E-state index contributed by atoms with van der Waals surface area (Å²) in [6.07, 6.45) is 9.30. The van der Waals surface area contributed by atoms with E-state index in [4.69, 9.17) is 0 Å². The lowest BCUT2D eigenvalue weighted by Gasteiger charge is -2.27. The summed E-state index contributed by atoms with van der Waals surface area (Å²) in [5.41, 5.74) is 0.803. The van der Waals surface area contributed by atoms with E-state index in [-0.39, 0.29) is 5.91 Å². The van der Waals surface area contributed by atoms with Gasteiger partial charge in [-0.25, -0.2) is 4.79 Å². The van der Waals surface area contributed by atoms with E-state index in [1.54, 1.807) is 6.92 Å². The molecule has 0 spiro atoms. The third-order valence-corrected chi connectivity index (χ3v) is 4.92. The average Bonchev–Trinajstić information content (AvgIpc) is 3.05. The van der Waals surface area contributed by atoms with Crippen molar-refractivity contribution in [2.24, 2.45) is 5.92 Å². The van der Waals surface area contributed by atoms with Crippen LogP contribution in [0.2, 0.25) is 0 Å². The summed E-state index contributed by atoms with van der Waals surface area (Å²) in [6, 6.07) is -0.741. The van der Waals surface area contributed by atoms with Crippen LogP contribution in [0.4, 0.5) is 0 Å². The maximum Gasteiger partial charge on any atom is 0.326 e. The van der Waals surface area contributed by atoms with Crippen LogP contribution in [-0.2, 0) is 9.59 Å². The Kier molecular flexibility index (Phi) is 9.04. The van der Waals surface area contributed by atoms with Crippen LogP contribution in [0.5, 0.6) is 0 Å². The fourth-order valence-corrected chi connectivity index (χ4v) is 3.28. The van der Waals surface area contributed by atoms with Crippen molar-refractivity contribution in [2.75, 3.05) is 6.54 Å². The maximum atomic E-state index is 12.5. The molecule has 1 aliphatic heterocycles. The number of carboxylic acids is 1. The molecule has 3 atom stereocenters. The summed E-state index contributed by atoms with van der Waals surface area (Å²) in [7, 11) is 0. The topological polar surface area (TPSA) is 77.8 Å². The normalized spacial score (nSPS) is 20.9. The van der Waals surface area contributed by atoms with Gasteiger partial charge in [-0.05, 0) is 38.2 Å². The molecule has 0 bridgehead atoms. The summed E-state index contributed by atoms with van der Waals surface area (Å²) in [5.74, 6) is -1.83. The van der Waals surface area contributed by atoms with Gasteiger partial charge < -0.3 is 15.1 Å². The molecule has 1 fully saturated rings. The number of carbonyl (C=O) groups excluding carboxylic acids is 1. The van der Waals surface area contributed by atoms with Crippen molar-refractivity contribution in [3.63, 3.8) is 0 Å². The molecule has 24 heavy (non-hydrogen) atoms. The highest BCUT2D eigenvalue weighted by molar-refractivity contribution is 5.86. The highest BCUT2D eigenvalue weighted by atomic mass is 16.4. The van der Waals surface area contributed by atoms with Crippen LogP contribution >= 0.6 is 0 Å². The molecule has 1 aliphatic rings. The van der Waals surface area contributed by atoms with E-state index in [9.17, 15) is 19.8 Å². The SMILES string of the molecule is CCCCCCC/C=C(\C)[C@@H](O)[C@@H](C)C(=O)N1CCC[C@H]1C(=O)O. The lowest BCUT2D eigenvalue weighted by molar-refractivity contribution is -0.150. The van der Waals surface area contributed by atoms with Crippen molar-refractivity contribution in [2.45, 2.75) is 84.3 Å². The van der Waals surface area contributed by atoms with Crippen molar-refractivity contribution < 1.29 is 19.8 Å². The van der Waals surface area contributed by atoms with Crippen LogP contribution in [0.25, 0.3) is 0 Å². The van der Waals surface area contributed by atoms with E-state index in [0.29, 0.717) is 19.4 Å². The maximum absolute atomic E-state index is 12.5. The number of aliphatic hydroxyl groups excluding tert-OH is 1. The number of hydrogen-bond donors (Lipinski definition) is 2. The predicted octanol–water partition coefficient (Wildman–Crippen LogP) is 3.37. The predicted molar refractivity (Wildman–Crippen MR) is 94.7 cm³/mol. The third-order valence-electron chi connectivity index (χ3n) is 4.92. The van der Waals surface area contributed by atoms with E-state index in [2.05, 4.69) is 6.92 Å². The highest BCUT2D eigenvalue weighted by Crippen LogP contribution is 2.23. The molecule has 2 N–H and O–H groups in total. The van der Waals surface area contributed by atoms with Crippen LogP contribution in [0.3, 0.4) is 0 Å². The minimum atomic E-state index is -0.957. The Labute approximate surface area is 145 Å². The second-order valence-electron chi connectivity index (χ2n) is 6.91. The second kappa shape index (κ2) is 10.5. The molecule has 5 nitrogen and oxygen atoms in total. The van der Waals surface area contributed by atoms with Gasteiger partial charge in [0.15, 0.2) is 0 Å². The highest BCUT2D eigenvalue weighted by Gasteiger charge is 2.37. The lowest BCUT2D eigenvalue weighted by atomic mass is 9.95. The van der Waals surface area contributed by atoms with Crippen LogP contribution in [0.1, 0.15) is 72.1 Å². The molecule has 0 aromatic carbocycles. The Morgan fingerprint density at radius 1 is 1.25 bits per heavy atom. The van der Waals surface area contributed by atoms with Crippen molar-refractivity contribution in [3.8, 4) is 0 Å². The standard InChI is InChI=1S/C19H33NO4/c1-4-5-6-7-8-9-11-14(2)17(21)15(3)18(22)20-13-10-12-16(20)19(23)24/h11,15-17,21H,4-10,12-13H2,1-3H3,(H,23,24)/b14-11+/t15-,16+,17-/m1/s1. The molecule has 138 valence electrons. The Bertz CT molecular complexity index is 447. The molecule has 0 radical (unpaired) electrons. The van der Waals surface area contributed by atoms with Crippen LogP contribution in [0, 0.1) is 5.92 Å². The van der Waals surface area contributed by atoms with Crippen LogP contribution < -0.4 is 0 Å². The second-order valence-corrected chi connectivity index (χ2v) is 6.91. The van der Waals surface area contributed by atoms with Gasteiger partial charge in [-0.15, -0.1) is 0 Å². The van der Waals surface area contributed by atoms with Gasteiger partial charge in [-0.1, -0.05) is 45.6 Å². The van der Waals surface area contributed by atoms with Gasteiger partial charge in [0.1, 0.15) is 6.04 Å². The summed E-state index contributed by atoms with van der Waals surface area (Å²) in [5, 5.41) is 19.6. The first-order chi connectivity index (χ1) is 11.4. The van der Waals surface area contributed by atoms with E-state index >= 15 is 0 Å². The number of allylic oxidation sites excluding steroid dienone is 1. The summed E-state index contributed by atoms with van der Waals surface area (Å²) >= 11 is 0. The summed E-state index contributed by atoms with van der Waals surface area (Å²) < 4.78 is 0. The molecular weight excluding hydrogens is 306 g/mol. The molecule has 1 saturated heterocycles. The first-order valence-corrected chi connectivity index (χ1v) is 9.28. The Balaban J connectivity index is 2.51. The average molecular weight is 339 g/mol. The van der Waals surface area contributed by atoms with Gasteiger partial charge in [-0.3, -0.25) is 4.79 Å². The van der Waals surface area contributed by atoms with Gasteiger partial charge in [0.25, 0.3) is 0 Å². The number of carboxylic acid groups (broad SMARTS) is 1. The van der Waals surface area contributed by atoms with Crippen molar-refractivity contribution >= 4 is 11.9 Å². The fourth-order valence-electron chi connectivity index (χ4n) is 3.28. The molecule has 0 aromatic rings. The van der Waals surface area contributed by atoms with Crippen LogP contribution in [-0.4, -0.2) is 45.7 Å². The molecule has 1 amide bonds. The number of amides is 1. The van der Waals surface area contributed by atoms with E-state index in [1.807, 2.05) is 13.0 Å². The number of likely N-dealkylation sites (tertiary alicyclic amines) is 1. The van der Waals surface area contributed by atoms with Crippen molar-refractivity contribution in [3.05, 3.63) is 11.6 Å². The first kappa shape index (κ1) is 20.7. The number of aliphatic hydroxyl groups is 1. The van der Waals surface area contributed by atoms with Crippen molar-refractivity contribution in [1.82, 2.24) is 4.90 Å². The van der Waals surface area contributed by atoms with E-state index < -0.39 is 24.0 Å². The molecule has 1 rings (SSSR count). The largest absolute Gasteiger partial charge is 0.480 e. The van der Waals surface area contributed by atoms with Gasteiger partial charge >= 0.3 is 5.97 Å². The third kappa shape index (κ3) is 5.93. The monoisotopic (exact) mass is 339 g/mol. The van der Waals surface area contributed by atoms with Crippen LogP contribution in [0.15, 0.2) is 11.6 Å². The zero-order valence-corrected chi connectivity index (χ0v) is 15.3. The molecule has 1 heterocycles. The summed E-state index contributed by atoms with van der Waals surface area (Å²) in [6.45, 7) is 6.18. The molecular formula is C19H33NO4. The lowest BCUT2D eigenvalue weighted by Crippen LogP contribution is -2.45. The van der Waals surface area contributed by atoms with E-state index in [1.165, 1.54) is 30.6 Å². The summed E-state index contributed by atoms with van der Waals surface area (Å²) in [4.78, 5) is 25.2. The molecule has 0 saturated carbocycles. The number of aliphatic carboxylic acids is 1. The minimum absolute atomic E-state index is 0.261. The quantitative estimate of drug-likeness (QED) is 0.472. The number of unbranched alkanes of at least 4 members (excludes halogenated alkanes) is 5. The fraction of sp³-hybridized carbons (Fsp3) is 0.789. The number of nitrogens with zero attached hydrogens (tertiary/aromatic N) is 1. The van der Waals surface area contributed by atoms with Gasteiger partial charge in [0.2, 0.25) is 5.91 Å². The smallest absolute Gasteiger partial charge is 0.326 e. The van der Waals surface area contributed by atoms with E-state index in [0.717, 1.165) is 18.4 Å². The molecule has 0 aromatic heterocycles. The van der Waals surface area contributed by atoms with Crippen molar-refractivity contribution in [1.29, 1.82) is 0 Å². The molecule has 0 aliphatic carbocycles. The zero-order chi connectivity index (χ0) is 18.1. The Hall–Kier alpha value is -1.36. The minimum Gasteiger partial charge on any atom is -0.480 e. The van der Waals surface area contributed by atoms with Gasteiger partial charge in [-0.2, -0.15) is 0 Å². The molecule has 5 heteroatoms. The van der Waals surface area contributed by atoms with Gasteiger partial charge in [0.05, 0.1) is 12.0 Å². The Morgan fingerprint density at radius 3 is 2.54 bits per heavy atom. The molecule has 0 unspecified atom stereocenters. The Morgan fingerprint density at radius 2 is 1.92 bits per heavy atom. The zero-order valence-electron chi connectivity index (χ0n) is 15.3. The number of rotatable bonds is 10. The van der Waals surface area contributed by atoms with Gasteiger partial charge in [0, 0.05) is 6.54 Å². The first-order valence-electron chi connectivity index (χ1n) is 9.28. The number of carbonyl (C=O) groups is 2. The number of hydrogen-bond acceptors (Lipinski definition) is 3.